The van der Waals surface area contributed by atoms with Gasteiger partial charge in [-0.1, -0.05) is 36.4 Å². The van der Waals surface area contributed by atoms with Crippen molar-refractivity contribution in [1.82, 2.24) is 4.90 Å². The van der Waals surface area contributed by atoms with E-state index in [1.807, 2.05) is 37.3 Å². The highest BCUT2D eigenvalue weighted by Gasteiger charge is 2.23. The van der Waals surface area contributed by atoms with Crippen LogP contribution >= 0.6 is 0 Å². The molecule has 2 aromatic carbocycles. The lowest BCUT2D eigenvalue weighted by Gasteiger charge is -2.26. The van der Waals surface area contributed by atoms with Crippen molar-refractivity contribution in [2.45, 2.75) is 13.0 Å². The van der Waals surface area contributed by atoms with E-state index in [-0.39, 0.29) is 11.9 Å². The molecule has 0 fully saturated rings. The highest BCUT2D eigenvalue weighted by Crippen LogP contribution is 2.28. The van der Waals surface area contributed by atoms with Crippen molar-refractivity contribution < 1.29 is 9.53 Å². The van der Waals surface area contributed by atoms with Crippen molar-refractivity contribution in [2.24, 2.45) is 0 Å². The molecule has 2 N–H and O–H groups in total. The lowest BCUT2D eigenvalue weighted by molar-refractivity contribution is 0.0740. The maximum absolute atomic E-state index is 12.7. The average molecular weight is 284 g/mol. The summed E-state index contributed by atoms with van der Waals surface area (Å²) in [7, 11) is 3.30. The minimum absolute atomic E-state index is 0.0528. The third-order valence-corrected chi connectivity index (χ3v) is 3.68. The molecule has 0 heterocycles. The molecule has 0 aliphatic heterocycles. The van der Waals surface area contributed by atoms with Crippen LogP contribution in [0, 0.1) is 0 Å². The first-order chi connectivity index (χ1) is 10.1. The van der Waals surface area contributed by atoms with Gasteiger partial charge in [-0.25, -0.2) is 0 Å². The Hall–Kier alpha value is -2.49. The third kappa shape index (κ3) is 2.99. The largest absolute Gasteiger partial charge is 0.496 e. The Kier molecular flexibility index (Phi) is 4.48. The minimum Gasteiger partial charge on any atom is -0.496 e. The Morgan fingerprint density at radius 3 is 2.43 bits per heavy atom. The van der Waals surface area contributed by atoms with Gasteiger partial charge in [0.25, 0.3) is 5.91 Å². The van der Waals surface area contributed by atoms with E-state index in [2.05, 4.69) is 0 Å². The van der Waals surface area contributed by atoms with Crippen molar-refractivity contribution in [2.75, 3.05) is 19.9 Å². The first-order valence-corrected chi connectivity index (χ1v) is 6.80. The zero-order valence-corrected chi connectivity index (χ0v) is 12.5. The number of nitrogen functional groups attached to an aromatic ring is 1. The van der Waals surface area contributed by atoms with Crippen molar-refractivity contribution in [1.29, 1.82) is 0 Å². The molecule has 0 aromatic heterocycles. The summed E-state index contributed by atoms with van der Waals surface area (Å²) in [4.78, 5) is 14.4. The number of nitrogens with zero attached hydrogens (tertiary/aromatic N) is 1. The highest BCUT2D eigenvalue weighted by atomic mass is 16.5. The molecule has 21 heavy (non-hydrogen) atoms. The molecular weight excluding hydrogens is 264 g/mol. The van der Waals surface area contributed by atoms with Crippen LogP contribution in [0.4, 0.5) is 5.69 Å². The molecule has 4 nitrogen and oxygen atoms in total. The van der Waals surface area contributed by atoms with Crippen LogP contribution in [0.3, 0.4) is 0 Å². The van der Waals surface area contributed by atoms with E-state index >= 15 is 0 Å². The average Bonchev–Trinajstić information content (AvgIpc) is 2.53. The number of ether oxygens (including phenoxy) is 1. The summed E-state index contributed by atoms with van der Waals surface area (Å²) in [5.41, 5.74) is 7.85. The Bertz CT molecular complexity index is 626. The molecule has 110 valence electrons. The maximum Gasteiger partial charge on any atom is 0.259 e. The van der Waals surface area contributed by atoms with E-state index in [4.69, 9.17) is 10.5 Å². The van der Waals surface area contributed by atoms with Gasteiger partial charge in [0.2, 0.25) is 0 Å². The molecular formula is C17H20N2O2. The zero-order chi connectivity index (χ0) is 15.4. The van der Waals surface area contributed by atoms with Crippen LogP contribution in [0.5, 0.6) is 5.75 Å². The number of benzene rings is 2. The molecule has 0 aliphatic rings. The zero-order valence-electron chi connectivity index (χ0n) is 12.5. The Morgan fingerprint density at radius 2 is 1.81 bits per heavy atom. The topological polar surface area (TPSA) is 55.6 Å². The quantitative estimate of drug-likeness (QED) is 0.878. The van der Waals surface area contributed by atoms with Crippen LogP contribution in [0.15, 0.2) is 48.5 Å². The standard InChI is InChI=1S/C17H20N2O2/c1-12(13-8-5-4-6-9-13)19(2)17(20)16-14(18)10-7-11-15(16)21-3/h4-12H,18H2,1-3H3. The number of hydrogen-bond acceptors (Lipinski definition) is 3. The molecule has 0 spiro atoms. The number of nitrogens with two attached hydrogens (primary N) is 1. The van der Waals surface area contributed by atoms with Crippen LogP contribution in [0.1, 0.15) is 28.9 Å². The molecule has 1 amide bonds. The Balaban J connectivity index is 2.32. The number of carbonyl (C=O) groups is 1. The summed E-state index contributed by atoms with van der Waals surface area (Å²) in [6.07, 6.45) is 0. The number of methoxy groups -OCH3 is 1. The molecule has 0 bridgehead atoms. The van der Waals surface area contributed by atoms with Gasteiger partial charge in [-0.3, -0.25) is 4.79 Å². The van der Waals surface area contributed by atoms with Gasteiger partial charge < -0.3 is 15.4 Å². The fourth-order valence-electron chi connectivity index (χ4n) is 2.25. The summed E-state index contributed by atoms with van der Waals surface area (Å²) in [5, 5.41) is 0. The number of carbonyl (C=O) groups excluding carboxylic acids is 1. The second-order valence-electron chi connectivity index (χ2n) is 4.93. The van der Waals surface area contributed by atoms with Gasteiger partial charge in [-0.2, -0.15) is 0 Å². The Labute approximate surface area is 125 Å². The fraction of sp³-hybridized carbons (Fsp3) is 0.235. The summed E-state index contributed by atoms with van der Waals surface area (Å²) < 4.78 is 5.26. The van der Waals surface area contributed by atoms with E-state index in [1.54, 1.807) is 30.1 Å². The predicted octanol–water partition coefficient (Wildman–Crippen LogP) is 3.11. The normalized spacial score (nSPS) is 11.8. The molecule has 2 rings (SSSR count). The number of hydrogen-bond donors (Lipinski definition) is 1. The predicted molar refractivity (Wildman–Crippen MR) is 84.4 cm³/mol. The summed E-state index contributed by atoms with van der Waals surface area (Å²) >= 11 is 0. The second kappa shape index (κ2) is 6.31. The summed E-state index contributed by atoms with van der Waals surface area (Å²) in [6.45, 7) is 1.98. The van der Waals surface area contributed by atoms with E-state index in [0.29, 0.717) is 17.0 Å². The molecule has 0 aliphatic carbocycles. The van der Waals surface area contributed by atoms with Crippen LogP contribution in [-0.2, 0) is 0 Å². The number of rotatable bonds is 4. The number of anilines is 1. The molecule has 4 heteroatoms. The van der Waals surface area contributed by atoms with Crippen LogP contribution in [0.2, 0.25) is 0 Å². The van der Waals surface area contributed by atoms with Crippen LogP contribution < -0.4 is 10.5 Å². The summed E-state index contributed by atoms with van der Waals surface area (Å²) in [5.74, 6) is 0.341. The molecule has 0 saturated heterocycles. The van der Waals surface area contributed by atoms with Gasteiger partial charge in [0.15, 0.2) is 0 Å². The van der Waals surface area contributed by atoms with Crippen molar-refractivity contribution in [3.63, 3.8) is 0 Å². The molecule has 2 aromatic rings. The van der Waals surface area contributed by atoms with Crippen molar-refractivity contribution in [3.8, 4) is 5.75 Å². The third-order valence-electron chi connectivity index (χ3n) is 3.68. The lowest BCUT2D eigenvalue weighted by Crippen LogP contribution is -2.30. The van der Waals surface area contributed by atoms with E-state index in [9.17, 15) is 4.79 Å². The monoisotopic (exact) mass is 284 g/mol. The fourth-order valence-corrected chi connectivity index (χ4v) is 2.25. The molecule has 1 unspecified atom stereocenters. The maximum atomic E-state index is 12.7. The van der Waals surface area contributed by atoms with Crippen LogP contribution in [-0.4, -0.2) is 25.0 Å². The van der Waals surface area contributed by atoms with Gasteiger partial charge in [-0.15, -0.1) is 0 Å². The molecule has 1 atom stereocenters. The van der Waals surface area contributed by atoms with Gasteiger partial charge in [0, 0.05) is 12.7 Å². The number of amides is 1. The van der Waals surface area contributed by atoms with Crippen molar-refractivity contribution in [3.05, 3.63) is 59.7 Å². The van der Waals surface area contributed by atoms with Crippen molar-refractivity contribution >= 4 is 11.6 Å². The Morgan fingerprint density at radius 1 is 1.14 bits per heavy atom. The van der Waals surface area contributed by atoms with Gasteiger partial charge in [-0.05, 0) is 24.6 Å². The lowest BCUT2D eigenvalue weighted by atomic mass is 10.1. The van der Waals surface area contributed by atoms with Gasteiger partial charge >= 0.3 is 0 Å². The van der Waals surface area contributed by atoms with Crippen LogP contribution in [0.25, 0.3) is 0 Å². The first-order valence-electron chi connectivity index (χ1n) is 6.80. The second-order valence-corrected chi connectivity index (χ2v) is 4.93. The molecule has 0 radical (unpaired) electrons. The summed E-state index contributed by atoms with van der Waals surface area (Å²) in [6, 6.07) is 15.0. The smallest absolute Gasteiger partial charge is 0.259 e. The van der Waals surface area contributed by atoms with E-state index < -0.39 is 0 Å². The minimum atomic E-state index is -0.152. The van der Waals surface area contributed by atoms with Gasteiger partial charge in [0.1, 0.15) is 11.3 Å². The van der Waals surface area contributed by atoms with Gasteiger partial charge in [0.05, 0.1) is 13.2 Å². The van der Waals surface area contributed by atoms with E-state index in [0.717, 1.165) is 5.56 Å². The van der Waals surface area contributed by atoms with E-state index in [1.165, 1.54) is 7.11 Å². The molecule has 0 saturated carbocycles. The first kappa shape index (κ1) is 14.9. The SMILES string of the molecule is COc1cccc(N)c1C(=O)N(C)C(C)c1ccccc1. The highest BCUT2D eigenvalue weighted by molar-refractivity contribution is 6.01.